The summed E-state index contributed by atoms with van der Waals surface area (Å²) in [5.74, 6) is 1.60. The number of hydrogen-bond donors (Lipinski definition) is 0. The van der Waals surface area contributed by atoms with Crippen molar-refractivity contribution in [2.75, 3.05) is 0 Å². The zero-order valence-corrected chi connectivity index (χ0v) is 58.6. The molecule has 0 fully saturated rings. The second-order valence-corrected chi connectivity index (χ2v) is 30.7. The number of aromatic nitrogens is 8. The van der Waals surface area contributed by atoms with Gasteiger partial charge in [-0.05, 0) is 188 Å². The predicted octanol–water partition coefficient (Wildman–Crippen LogP) is 23.8. The van der Waals surface area contributed by atoms with Crippen LogP contribution in [0.1, 0.15) is 84.6 Å². The highest BCUT2D eigenvalue weighted by Gasteiger charge is 2.32. The number of benzene rings is 13. The molecule has 0 saturated heterocycles. The second-order valence-electron chi connectivity index (χ2n) is 30.7. The van der Waals surface area contributed by atoms with Crippen LogP contribution in [0.2, 0.25) is 0 Å². The van der Waals surface area contributed by atoms with Crippen molar-refractivity contribution in [3.8, 4) is 73.3 Å². The molecule has 0 N–H and O–H groups in total. The molecule has 13 aromatic carbocycles. The molecular weight excluding hydrogens is 1240 g/mol. The molecule has 0 saturated carbocycles. The normalized spacial score (nSPS) is 12.5. The fraction of sp³-hybridized carbons (Fsp3) is 0.129. The zero-order valence-electron chi connectivity index (χ0n) is 58.6. The molecule has 9 nitrogen and oxygen atoms in total. The van der Waals surface area contributed by atoms with E-state index < -0.39 is 0 Å². The first-order valence-corrected chi connectivity index (χ1v) is 35.4. The topological polar surface area (TPSA) is 78.1 Å². The van der Waals surface area contributed by atoms with Gasteiger partial charge in [0.2, 0.25) is 11.6 Å². The zero-order chi connectivity index (χ0) is 69.2. The lowest BCUT2D eigenvalue weighted by atomic mass is 9.85. The van der Waals surface area contributed by atoms with E-state index in [4.69, 9.17) is 9.97 Å². The number of nitriles is 1. The molecule has 19 rings (SSSR count). The Hall–Kier alpha value is -12.5. The first kappa shape index (κ1) is 60.6. The third-order valence-corrected chi connectivity index (χ3v) is 21.3. The van der Waals surface area contributed by atoms with Crippen molar-refractivity contribution in [1.29, 1.82) is 5.26 Å². The summed E-state index contributed by atoms with van der Waals surface area (Å²) in [6, 6.07) is 105. The van der Waals surface area contributed by atoms with Crippen LogP contribution in [0.3, 0.4) is 0 Å². The molecule has 6 heterocycles. The fourth-order valence-corrected chi connectivity index (χ4v) is 16.1. The Kier molecular flexibility index (Phi) is 13.2. The van der Waals surface area contributed by atoms with Crippen molar-refractivity contribution < 1.29 is 0 Å². The number of para-hydroxylation sites is 3. The van der Waals surface area contributed by atoms with Crippen molar-refractivity contribution in [1.82, 2.24) is 37.0 Å². The van der Waals surface area contributed by atoms with Gasteiger partial charge in [0.25, 0.3) is 0 Å². The van der Waals surface area contributed by atoms with Crippen LogP contribution >= 0.6 is 0 Å². The second kappa shape index (κ2) is 22.2. The monoisotopic (exact) mass is 1320 g/mol. The average molecular weight is 1320 g/mol. The maximum absolute atomic E-state index is 13.2. The lowest BCUT2D eigenvalue weighted by Gasteiger charge is -2.24. The highest BCUT2D eigenvalue weighted by Crippen LogP contribution is 2.49. The first-order chi connectivity index (χ1) is 49.4. The maximum Gasteiger partial charge on any atom is 0.220 e. The van der Waals surface area contributed by atoms with Gasteiger partial charge in [-0.3, -0.25) is 17.9 Å². The molecule has 0 unspecified atom stereocenters. The van der Waals surface area contributed by atoms with Crippen LogP contribution in [0.25, 0.3) is 167 Å². The summed E-state index contributed by atoms with van der Waals surface area (Å²) in [7, 11) is 0. The molecule has 0 aliphatic rings. The molecule has 0 aliphatic heterocycles. The average Bonchev–Trinajstić information content (AvgIpc) is 1.51. The Morgan fingerprint density at radius 3 is 1.15 bits per heavy atom. The SMILES string of the molecule is CC(C)(C)c1ccc2c(c1)c1ccccc1n2-c1cc(-c2ccc3c(c2)n2c4cc(-c5ccccc5)ccc4nc2n3-c2ccccc2)c(-n2c3ccc(C(C)(C)C)cc3c3cc(C(C)(C)C)ccc32)c(C#N)c1-c1ccc2c(c1)n1c3cc(-c4ccccc4)ccc3nc1n2-c1ccccc1. The van der Waals surface area contributed by atoms with Crippen LogP contribution < -0.4 is 0 Å². The van der Waals surface area contributed by atoms with Gasteiger partial charge >= 0.3 is 0 Å². The van der Waals surface area contributed by atoms with Crippen LogP contribution in [-0.4, -0.2) is 37.0 Å². The summed E-state index contributed by atoms with van der Waals surface area (Å²) in [5.41, 5.74) is 27.2. The largest absolute Gasteiger partial charge is 0.309 e. The van der Waals surface area contributed by atoms with Crippen molar-refractivity contribution in [2.24, 2.45) is 0 Å². The molecule has 6 aromatic heterocycles. The van der Waals surface area contributed by atoms with Crippen LogP contribution in [0, 0.1) is 11.3 Å². The number of hydrogen-bond acceptors (Lipinski definition) is 3. The Morgan fingerprint density at radius 2 is 0.676 bits per heavy atom. The summed E-state index contributed by atoms with van der Waals surface area (Å²) in [6.07, 6.45) is 0. The quantitative estimate of drug-likeness (QED) is 0.152. The molecule has 0 bridgehead atoms. The first-order valence-electron chi connectivity index (χ1n) is 35.4. The molecule has 102 heavy (non-hydrogen) atoms. The lowest BCUT2D eigenvalue weighted by Crippen LogP contribution is -2.11. The number of imidazole rings is 4. The molecule has 0 spiro atoms. The Balaban J connectivity index is 1.00. The number of nitrogens with zero attached hydrogens (tertiary/aromatic N) is 9. The van der Waals surface area contributed by atoms with Crippen LogP contribution in [0.4, 0.5) is 0 Å². The van der Waals surface area contributed by atoms with Gasteiger partial charge in [0.1, 0.15) is 6.07 Å². The van der Waals surface area contributed by atoms with E-state index >= 15 is 0 Å². The highest BCUT2D eigenvalue weighted by atomic mass is 15.2. The summed E-state index contributed by atoms with van der Waals surface area (Å²) in [6.45, 7) is 20.6. The van der Waals surface area contributed by atoms with E-state index in [2.05, 4.69) is 375 Å². The lowest BCUT2D eigenvalue weighted by molar-refractivity contribution is 0.590. The third kappa shape index (κ3) is 9.29. The standard InChI is InChI=1S/C93H73N9/c1-91(2,3)63-38-45-77-70(52-63)68-32-22-23-33-76(68)99(77)86-55-69(61-36-43-80-84(50-61)101-82-48-59(57-24-14-10-15-25-57)34-41-74(82)95-89(101)97(80)66-28-18-12-19-29-66)88(100-78-46-39-64(92(4,5)6)53-71(78)72-54-65(93(7,8)9)40-47-79(72)100)73(56-94)87(86)62-37-44-81-85(51-62)102-83-49-60(58-26-16-11-17-27-58)35-42-75(83)96-90(102)98(81)67-30-20-13-21-31-67/h10-55H,1-9H3. The molecule has 0 amide bonds. The van der Waals surface area contributed by atoms with E-state index in [1.165, 1.54) is 16.7 Å². The Morgan fingerprint density at radius 1 is 0.294 bits per heavy atom. The summed E-state index contributed by atoms with van der Waals surface area (Å²) < 4.78 is 14.1. The van der Waals surface area contributed by atoms with Gasteiger partial charge < -0.3 is 9.13 Å². The highest BCUT2D eigenvalue weighted by molar-refractivity contribution is 6.14. The summed E-state index contributed by atoms with van der Waals surface area (Å²) >= 11 is 0. The van der Waals surface area contributed by atoms with Crippen molar-refractivity contribution in [3.63, 3.8) is 0 Å². The van der Waals surface area contributed by atoms with Crippen molar-refractivity contribution >= 4 is 99.3 Å². The number of fused-ring (bicyclic) bond motifs is 16. The molecular formula is C93H73N9. The summed E-state index contributed by atoms with van der Waals surface area (Å²) in [4.78, 5) is 11.0. The van der Waals surface area contributed by atoms with Crippen molar-refractivity contribution in [3.05, 3.63) is 301 Å². The van der Waals surface area contributed by atoms with Gasteiger partial charge in [0, 0.05) is 44.0 Å². The van der Waals surface area contributed by atoms with Crippen LogP contribution in [-0.2, 0) is 16.2 Å². The Bertz CT molecular complexity index is 6650. The Labute approximate surface area is 591 Å². The molecule has 19 aromatic rings. The van der Waals surface area contributed by atoms with Gasteiger partial charge in [-0.1, -0.05) is 220 Å². The van der Waals surface area contributed by atoms with Gasteiger partial charge in [-0.15, -0.1) is 0 Å². The molecule has 0 radical (unpaired) electrons. The van der Waals surface area contributed by atoms with Gasteiger partial charge in [0.15, 0.2) is 0 Å². The van der Waals surface area contributed by atoms with E-state index in [1.54, 1.807) is 0 Å². The minimum atomic E-state index is -0.151. The van der Waals surface area contributed by atoms with E-state index in [0.717, 1.165) is 167 Å². The minimum Gasteiger partial charge on any atom is -0.309 e. The van der Waals surface area contributed by atoms with Gasteiger partial charge in [0.05, 0.1) is 83.1 Å². The van der Waals surface area contributed by atoms with E-state index in [1.807, 2.05) is 0 Å². The van der Waals surface area contributed by atoms with Crippen LogP contribution in [0.5, 0.6) is 0 Å². The molecule has 0 aliphatic carbocycles. The molecule has 0 atom stereocenters. The van der Waals surface area contributed by atoms with E-state index in [-0.39, 0.29) is 16.2 Å². The molecule has 490 valence electrons. The predicted molar refractivity (Wildman–Crippen MR) is 424 cm³/mol. The maximum atomic E-state index is 13.2. The van der Waals surface area contributed by atoms with E-state index in [9.17, 15) is 5.26 Å². The van der Waals surface area contributed by atoms with Gasteiger partial charge in [-0.2, -0.15) is 5.26 Å². The minimum absolute atomic E-state index is 0.127. The smallest absolute Gasteiger partial charge is 0.220 e. The van der Waals surface area contributed by atoms with Crippen molar-refractivity contribution in [2.45, 2.75) is 78.6 Å². The van der Waals surface area contributed by atoms with Gasteiger partial charge in [-0.25, -0.2) is 9.97 Å². The fourth-order valence-electron chi connectivity index (χ4n) is 16.1. The summed E-state index contributed by atoms with van der Waals surface area (Å²) in [5, 5.41) is 17.7. The van der Waals surface area contributed by atoms with Crippen LogP contribution in [0.15, 0.2) is 279 Å². The third-order valence-electron chi connectivity index (χ3n) is 21.3. The molecule has 9 heteroatoms. The number of rotatable bonds is 8. The van der Waals surface area contributed by atoms with E-state index in [0.29, 0.717) is 5.56 Å².